The van der Waals surface area contributed by atoms with Crippen LogP contribution in [0.15, 0.2) is 0 Å². The fraction of sp³-hybridized carbons (Fsp3) is 0.889. The van der Waals surface area contributed by atoms with E-state index in [4.69, 9.17) is 14.6 Å². The van der Waals surface area contributed by atoms with Gasteiger partial charge in [0.15, 0.2) is 0 Å². The van der Waals surface area contributed by atoms with E-state index in [0.717, 1.165) is 32.2 Å². The normalized spacial score (nSPS) is 16.7. The van der Waals surface area contributed by atoms with Crippen molar-refractivity contribution in [3.63, 3.8) is 0 Å². The van der Waals surface area contributed by atoms with E-state index in [1.807, 2.05) is 25.8 Å². The zero-order valence-electron chi connectivity index (χ0n) is 16.5. The number of carbonyl (C=O) groups excluding carboxylic acids is 2. The number of hydrogen-bond donors (Lipinski definition) is 2. The molecule has 0 bridgehead atoms. The second-order valence-electron chi connectivity index (χ2n) is 6.30. The van der Waals surface area contributed by atoms with Crippen LogP contribution in [-0.2, 0) is 37.6 Å². The Kier molecular flexibility index (Phi) is 20.9. The number of nitrogens with zero attached hydrogens (tertiary/aromatic N) is 1. The number of nitrogens with one attached hydrogen (secondary N) is 1. The van der Waals surface area contributed by atoms with Crippen LogP contribution >= 0.6 is 0 Å². The Balaban J connectivity index is 0. The summed E-state index contributed by atoms with van der Waals surface area (Å²) in [5.74, 6) is 0.367. The van der Waals surface area contributed by atoms with Crippen LogP contribution in [0, 0.1) is 5.92 Å². The van der Waals surface area contributed by atoms with E-state index in [1.54, 1.807) is 0 Å². The first-order chi connectivity index (χ1) is 12.1. The Morgan fingerprint density at radius 2 is 1.92 bits per heavy atom. The standard InChI is InChI=1S/C11H23NO3.C7H13NO2.V/c1-10(2)11(13)4-6-14-8-9-15-7-5-12-3;9-5-4-8-3-1-2-7(8)6-10;/h10,12H,4-9H2,1-3H3;6-7,9H,1-5H2;. The number of β-amino-alcohol motifs (C(OH)–C–C–N with tert-alkyl or cyclic N) is 1. The van der Waals surface area contributed by atoms with Crippen LogP contribution in [0.5, 0.6) is 0 Å². The third-order valence-corrected chi connectivity index (χ3v) is 3.96. The minimum Gasteiger partial charge on any atom is -0.395 e. The molecule has 0 aromatic rings. The van der Waals surface area contributed by atoms with Crippen molar-refractivity contribution in [2.24, 2.45) is 5.92 Å². The first-order valence-corrected chi connectivity index (χ1v) is 9.19. The Morgan fingerprint density at radius 1 is 1.27 bits per heavy atom. The van der Waals surface area contributed by atoms with E-state index >= 15 is 0 Å². The van der Waals surface area contributed by atoms with E-state index in [2.05, 4.69) is 5.32 Å². The maximum absolute atomic E-state index is 11.2. The van der Waals surface area contributed by atoms with Gasteiger partial charge in [-0.3, -0.25) is 9.69 Å². The molecular weight excluding hydrogens is 375 g/mol. The molecule has 0 saturated carbocycles. The Hall–Kier alpha value is -0.276. The van der Waals surface area contributed by atoms with Gasteiger partial charge in [-0.2, -0.15) is 0 Å². The molecule has 1 unspecified atom stereocenters. The molecule has 1 heterocycles. The molecule has 1 radical (unpaired) electrons. The predicted molar refractivity (Wildman–Crippen MR) is 97.8 cm³/mol. The minimum absolute atomic E-state index is 0. The van der Waals surface area contributed by atoms with Gasteiger partial charge in [-0.15, -0.1) is 0 Å². The molecule has 8 heteroatoms. The molecule has 0 aromatic heterocycles. The Labute approximate surface area is 170 Å². The number of ether oxygens (including phenoxy) is 2. The van der Waals surface area contributed by atoms with E-state index in [1.165, 1.54) is 0 Å². The third kappa shape index (κ3) is 14.8. The molecule has 1 rings (SSSR count). The maximum atomic E-state index is 11.2. The number of aliphatic hydroxyl groups is 1. The van der Waals surface area contributed by atoms with Gasteiger partial charge in [-0.05, 0) is 26.4 Å². The van der Waals surface area contributed by atoms with Crippen LogP contribution in [-0.4, -0.2) is 87.8 Å². The zero-order chi connectivity index (χ0) is 18.9. The van der Waals surface area contributed by atoms with Gasteiger partial charge in [-0.25, -0.2) is 0 Å². The fourth-order valence-electron chi connectivity index (χ4n) is 2.37. The summed E-state index contributed by atoms with van der Waals surface area (Å²) < 4.78 is 10.5. The molecule has 0 aromatic carbocycles. The van der Waals surface area contributed by atoms with Crippen molar-refractivity contribution in [1.29, 1.82) is 0 Å². The fourth-order valence-corrected chi connectivity index (χ4v) is 2.37. The SMILES string of the molecule is CNCCOCCOCCC(=O)C(C)C.O=CC1CCCN1CCO.[V]. The number of hydrogen-bond acceptors (Lipinski definition) is 7. The van der Waals surface area contributed by atoms with Gasteiger partial charge in [-0.1, -0.05) is 13.8 Å². The number of aldehydes is 1. The topological polar surface area (TPSA) is 88.1 Å². The summed E-state index contributed by atoms with van der Waals surface area (Å²) in [6, 6.07) is 0.0761. The average Bonchev–Trinajstić information content (AvgIpc) is 3.05. The molecule has 1 saturated heterocycles. The molecule has 2 N–H and O–H groups in total. The minimum atomic E-state index is 0. The van der Waals surface area contributed by atoms with Crippen LogP contribution in [0.25, 0.3) is 0 Å². The van der Waals surface area contributed by atoms with Gasteiger partial charge in [0.2, 0.25) is 0 Å². The molecule has 1 aliphatic heterocycles. The summed E-state index contributed by atoms with van der Waals surface area (Å²) in [4.78, 5) is 23.6. The summed E-state index contributed by atoms with van der Waals surface area (Å²) >= 11 is 0. The zero-order valence-corrected chi connectivity index (χ0v) is 17.9. The second-order valence-corrected chi connectivity index (χ2v) is 6.30. The van der Waals surface area contributed by atoms with E-state index in [9.17, 15) is 9.59 Å². The molecule has 0 amide bonds. The molecule has 1 aliphatic rings. The van der Waals surface area contributed by atoms with Crippen molar-refractivity contribution in [3.8, 4) is 0 Å². The average molecular weight is 411 g/mol. The van der Waals surface area contributed by atoms with Crippen LogP contribution in [0.3, 0.4) is 0 Å². The van der Waals surface area contributed by atoms with Crippen molar-refractivity contribution in [2.75, 3.05) is 59.7 Å². The van der Waals surface area contributed by atoms with Crippen LogP contribution in [0.1, 0.15) is 33.1 Å². The smallest absolute Gasteiger partial charge is 0.137 e. The summed E-state index contributed by atoms with van der Waals surface area (Å²) in [5.41, 5.74) is 0. The van der Waals surface area contributed by atoms with Crippen LogP contribution in [0.4, 0.5) is 0 Å². The third-order valence-electron chi connectivity index (χ3n) is 3.96. The number of carbonyl (C=O) groups is 2. The van der Waals surface area contributed by atoms with Crippen molar-refractivity contribution >= 4 is 12.1 Å². The van der Waals surface area contributed by atoms with E-state index in [-0.39, 0.29) is 42.9 Å². The molecule has 0 aliphatic carbocycles. The number of ketones is 1. The molecule has 0 spiro atoms. The number of likely N-dealkylation sites (tertiary alicyclic amines) is 1. The summed E-state index contributed by atoms with van der Waals surface area (Å²) in [6.45, 7) is 8.79. The maximum Gasteiger partial charge on any atom is 0.137 e. The predicted octanol–water partition coefficient (Wildman–Crippen LogP) is 0.494. The van der Waals surface area contributed by atoms with E-state index in [0.29, 0.717) is 39.4 Å². The van der Waals surface area contributed by atoms with Crippen LogP contribution in [0.2, 0.25) is 0 Å². The van der Waals surface area contributed by atoms with E-state index < -0.39 is 0 Å². The van der Waals surface area contributed by atoms with Gasteiger partial charge in [0.25, 0.3) is 0 Å². The molecule has 1 fully saturated rings. The Bertz CT molecular complexity index is 346. The van der Waals surface area contributed by atoms with Crippen LogP contribution < -0.4 is 5.32 Å². The summed E-state index contributed by atoms with van der Waals surface area (Å²) in [6.07, 6.45) is 3.53. The quantitative estimate of drug-likeness (QED) is 0.337. The number of Topliss-reactive ketones (excluding diaryl/α,β-unsaturated/α-hetero) is 1. The number of rotatable bonds is 13. The Morgan fingerprint density at radius 3 is 2.46 bits per heavy atom. The van der Waals surface area contributed by atoms with Gasteiger partial charge in [0, 0.05) is 44.0 Å². The largest absolute Gasteiger partial charge is 0.395 e. The summed E-state index contributed by atoms with van der Waals surface area (Å²) in [7, 11) is 1.89. The van der Waals surface area contributed by atoms with Crippen molar-refractivity contribution in [2.45, 2.75) is 39.2 Å². The number of aliphatic hydroxyl groups excluding tert-OH is 1. The molecule has 26 heavy (non-hydrogen) atoms. The van der Waals surface area contributed by atoms with Gasteiger partial charge in [0.1, 0.15) is 12.1 Å². The first-order valence-electron chi connectivity index (χ1n) is 9.19. The molecule has 7 nitrogen and oxygen atoms in total. The van der Waals surface area contributed by atoms with Gasteiger partial charge < -0.3 is 24.7 Å². The second kappa shape index (κ2) is 19.5. The van der Waals surface area contributed by atoms with Gasteiger partial charge >= 0.3 is 0 Å². The monoisotopic (exact) mass is 411 g/mol. The molecule has 1 atom stereocenters. The number of likely N-dealkylation sites (N-methyl/N-ethyl adjacent to an activating group) is 1. The first kappa shape index (κ1) is 27.9. The van der Waals surface area contributed by atoms with Gasteiger partial charge in [0.05, 0.1) is 39.1 Å². The molecular formula is C18H36N2O5V. The molecule has 153 valence electrons. The van der Waals surface area contributed by atoms with Crippen molar-refractivity contribution < 1.29 is 42.7 Å². The van der Waals surface area contributed by atoms with Crippen molar-refractivity contribution in [1.82, 2.24) is 10.2 Å². The summed E-state index contributed by atoms with van der Waals surface area (Å²) in [5, 5.41) is 11.6. The van der Waals surface area contributed by atoms with Crippen molar-refractivity contribution in [3.05, 3.63) is 0 Å².